The van der Waals surface area contributed by atoms with Gasteiger partial charge in [-0.15, -0.1) is 0 Å². The van der Waals surface area contributed by atoms with Crippen molar-refractivity contribution in [2.45, 2.75) is 13.0 Å². The van der Waals surface area contributed by atoms with E-state index in [0.717, 1.165) is 0 Å². The quantitative estimate of drug-likeness (QED) is 0.385. The van der Waals surface area contributed by atoms with Crippen LogP contribution in [0, 0.1) is 0 Å². The molecule has 0 aromatic carbocycles. The Labute approximate surface area is 86.1 Å². The summed E-state index contributed by atoms with van der Waals surface area (Å²) < 4.78 is 0. The number of carbonyl (C=O) groups excluding carboxylic acids is 2. The Morgan fingerprint density at radius 2 is 1.80 bits per heavy atom. The highest BCUT2D eigenvalue weighted by Gasteiger charge is 2.09. The predicted octanol–water partition coefficient (Wildman–Crippen LogP) is -3.17. The van der Waals surface area contributed by atoms with Crippen LogP contribution in [0.4, 0.5) is 0 Å². The third-order valence-corrected chi connectivity index (χ3v) is 1.27. The van der Waals surface area contributed by atoms with Crippen molar-refractivity contribution in [1.29, 1.82) is 0 Å². The number of rotatable bonds is 5. The Morgan fingerprint density at radius 3 is 2.20 bits per heavy atom. The smallest absolute Gasteiger partial charge is 0.322 e. The molecule has 8 heteroatoms. The maximum atomic E-state index is 10.9. The van der Waals surface area contributed by atoms with Crippen molar-refractivity contribution in [2.75, 3.05) is 13.1 Å². The molecule has 0 aliphatic rings. The first-order valence-corrected chi connectivity index (χ1v) is 3.95. The van der Waals surface area contributed by atoms with Crippen LogP contribution in [0.3, 0.4) is 0 Å². The predicted molar refractivity (Wildman–Crippen MR) is 50.9 cm³/mol. The SMILES string of the molecule is CC(N)C(=O)NCC(=O)NCC(=O)O.O. The topological polar surface area (TPSA) is 153 Å². The van der Waals surface area contributed by atoms with Gasteiger partial charge in [-0.25, -0.2) is 0 Å². The summed E-state index contributed by atoms with van der Waals surface area (Å²) >= 11 is 0. The molecule has 0 heterocycles. The van der Waals surface area contributed by atoms with Gasteiger partial charge in [-0.3, -0.25) is 14.4 Å². The molecule has 0 aliphatic heterocycles. The molecule has 0 radical (unpaired) electrons. The largest absolute Gasteiger partial charge is 0.480 e. The second-order valence-corrected chi connectivity index (χ2v) is 2.68. The van der Waals surface area contributed by atoms with Crippen LogP contribution in [0.25, 0.3) is 0 Å². The highest BCUT2D eigenvalue weighted by Crippen LogP contribution is 1.74. The normalized spacial score (nSPS) is 10.8. The highest BCUT2D eigenvalue weighted by atomic mass is 16.4. The van der Waals surface area contributed by atoms with Crippen LogP contribution in [0.1, 0.15) is 6.92 Å². The van der Waals surface area contributed by atoms with Gasteiger partial charge in [0.1, 0.15) is 6.54 Å². The van der Waals surface area contributed by atoms with Crippen molar-refractivity contribution in [1.82, 2.24) is 10.6 Å². The number of hydrogen-bond acceptors (Lipinski definition) is 4. The molecule has 7 N–H and O–H groups in total. The summed E-state index contributed by atoms with van der Waals surface area (Å²) in [6, 6.07) is -0.692. The van der Waals surface area contributed by atoms with Crippen molar-refractivity contribution in [3.63, 3.8) is 0 Å². The van der Waals surface area contributed by atoms with Crippen LogP contribution in [-0.4, -0.2) is 47.5 Å². The van der Waals surface area contributed by atoms with Crippen molar-refractivity contribution in [3.05, 3.63) is 0 Å². The minimum Gasteiger partial charge on any atom is -0.480 e. The van der Waals surface area contributed by atoms with E-state index in [1.54, 1.807) is 0 Å². The molecule has 0 saturated carbocycles. The van der Waals surface area contributed by atoms with Gasteiger partial charge in [-0.05, 0) is 6.92 Å². The molecule has 8 nitrogen and oxygen atoms in total. The molecule has 1 unspecified atom stereocenters. The summed E-state index contributed by atoms with van der Waals surface area (Å²) in [6.45, 7) is 0.741. The van der Waals surface area contributed by atoms with E-state index in [1.165, 1.54) is 6.92 Å². The van der Waals surface area contributed by atoms with E-state index in [1.807, 2.05) is 0 Å². The second-order valence-electron chi connectivity index (χ2n) is 2.68. The van der Waals surface area contributed by atoms with Crippen molar-refractivity contribution in [3.8, 4) is 0 Å². The molecule has 0 aliphatic carbocycles. The van der Waals surface area contributed by atoms with Gasteiger partial charge in [-0.1, -0.05) is 0 Å². The third-order valence-electron chi connectivity index (χ3n) is 1.27. The van der Waals surface area contributed by atoms with Crippen LogP contribution >= 0.6 is 0 Å². The van der Waals surface area contributed by atoms with Gasteiger partial charge in [0.2, 0.25) is 11.8 Å². The molecule has 0 aromatic heterocycles. The van der Waals surface area contributed by atoms with Crippen LogP contribution < -0.4 is 16.4 Å². The van der Waals surface area contributed by atoms with Gasteiger partial charge in [0.15, 0.2) is 0 Å². The maximum Gasteiger partial charge on any atom is 0.322 e. The molecule has 0 bridgehead atoms. The average molecular weight is 221 g/mol. The maximum absolute atomic E-state index is 10.9. The summed E-state index contributed by atoms with van der Waals surface area (Å²) in [5.41, 5.74) is 5.21. The monoisotopic (exact) mass is 221 g/mol. The summed E-state index contributed by atoms with van der Waals surface area (Å²) in [4.78, 5) is 31.7. The van der Waals surface area contributed by atoms with E-state index < -0.39 is 30.4 Å². The molecule has 15 heavy (non-hydrogen) atoms. The minimum absolute atomic E-state index is 0. The third kappa shape index (κ3) is 8.65. The number of carbonyl (C=O) groups is 3. The summed E-state index contributed by atoms with van der Waals surface area (Å²) in [7, 11) is 0. The molecule has 88 valence electrons. The van der Waals surface area contributed by atoms with Gasteiger partial charge in [-0.2, -0.15) is 0 Å². The van der Waals surface area contributed by atoms with Crippen molar-refractivity contribution >= 4 is 17.8 Å². The lowest BCUT2D eigenvalue weighted by molar-refractivity contribution is -0.137. The second kappa shape index (κ2) is 7.71. The van der Waals surface area contributed by atoms with E-state index in [4.69, 9.17) is 10.8 Å². The van der Waals surface area contributed by atoms with E-state index in [9.17, 15) is 14.4 Å². The Morgan fingerprint density at radius 1 is 1.27 bits per heavy atom. The number of carboxylic acid groups (broad SMARTS) is 1. The first-order valence-electron chi connectivity index (χ1n) is 3.95. The number of carboxylic acids is 1. The van der Waals surface area contributed by atoms with Gasteiger partial charge in [0, 0.05) is 0 Å². The molecule has 0 rings (SSSR count). The number of nitrogens with two attached hydrogens (primary N) is 1. The van der Waals surface area contributed by atoms with E-state index in [2.05, 4.69) is 10.6 Å². The summed E-state index contributed by atoms with van der Waals surface area (Å²) in [5.74, 6) is -2.17. The fourth-order valence-corrected chi connectivity index (χ4v) is 0.565. The fraction of sp³-hybridized carbons (Fsp3) is 0.571. The minimum atomic E-state index is -1.14. The molecule has 0 aromatic rings. The lowest BCUT2D eigenvalue weighted by Gasteiger charge is -2.06. The Kier molecular flexibility index (Phi) is 8.11. The van der Waals surface area contributed by atoms with Gasteiger partial charge in [0.25, 0.3) is 0 Å². The molecule has 1 atom stereocenters. The number of nitrogens with one attached hydrogen (secondary N) is 2. The van der Waals surface area contributed by atoms with Crippen molar-refractivity contribution < 1.29 is 25.0 Å². The number of amides is 2. The van der Waals surface area contributed by atoms with Crippen LogP contribution in [-0.2, 0) is 14.4 Å². The number of aliphatic carboxylic acids is 1. The molecular formula is C7H15N3O5. The van der Waals surface area contributed by atoms with Gasteiger partial charge in [0.05, 0.1) is 12.6 Å². The van der Waals surface area contributed by atoms with Gasteiger partial charge < -0.3 is 26.9 Å². The van der Waals surface area contributed by atoms with Crippen molar-refractivity contribution in [2.24, 2.45) is 5.73 Å². The van der Waals surface area contributed by atoms with Gasteiger partial charge >= 0.3 is 5.97 Å². The molecule has 0 fully saturated rings. The lowest BCUT2D eigenvalue weighted by Crippen LogP contribution is -2.44. The Hall–Kier alpha value is -1.67. The summed E-state index contributed by atoms with van der Waals surface area (Å²) in [6.07, 6.45) is 0. The Bertz CT molecular complexity index is 241. The number of hydrogen-bond donors (Lipinski definition) is 4. The molecule has 0 spiro atoms. The first-order chi connectivity index (χ1) is 6.43. The van der Waals surface area contributed by atoms with Crippen LogP contribution in [0.15, 0.2) is 0 Å². The fourth-order valence-electron chi connectivity index (χ4n) is 0.565. The zero-order valence-electron chi connectivity index (χ0n) is 8.24. The molecule has 0 saturated heterocycles. The van der Waals surface area contributed by atoms with E-state index >= 15 is 0 Å². The standard InChI is InChI=1S/C7H13N3O4.H2O/c1-4(8)7(14)10-2-5(11)9-3-6(12)13;/h4H,2-3,8H2,1H3,(H,9,11)(H,10,14)(H,12,13);1H2. The van der Waals surface area contributed by atoms with Crippen LogP contribution in [0.2, 0.25) is 0 Å². The zero-order chi connectivity index (χ0) is 11.1. The lowest BCUT2D eigenvalue weighted by atomic mass is 10.3. The molecule has 2 amide bonds. The average Bonchev–Trinajstić information content (AvgIpc) is 2.10. The summed E-state index contributed by atoms with van der Waals surface area (Å²) in [5, 5.41) is 12.5. The highest BCUT2D eigenvalue weighted by molar-refractivity contribution is 5.88. The zero-order valence-corrected chi connectivity index (χ0v) is 8.24. The molecular weight excluding hydrogens is 206 g/mol. The first kappa shape index (κ1) is 15.8. The van der Waals surface area contributed by atoms with E-state index in [0.29, 0.717) is 0 Å². The Balaban J connectivity index is 0. The van der Waals surface area contributed by atoms with Crippen LogP contribution in [0.5, 0.6) is 0 Å². The van der Waals surface area contributed by atoms with E-state index in [-0.39, 0.29) is 12.0 Å².